The van der Waals surface area contributed by atoms with Gasteiger partial charge in [-0.05, 0) is 6.42 Å². The van der Waals surface area contributed by atoms with E-state index in [0.717, 1.165) is 6.42 Å². The Morgan fingerprint density at radius 3 is 2.46 bits per heavy atom. The van der Waals surface area contributed by atoms with Crippen LogP contribution in [0.15, 0.2) is 0 Å². The summed E-state index contributed by atoms with van der Waals surface area (Å²) in [7, 11) is 2.80. The largest absolute Gasteiger partial charge is 0.453 e. The van der Waals surface area contributed by atoms with Gasteiger partial charge in [-0.2, -0.15) is 0 Å². The topological polar surface area (TPSA) is 67.4 Å². The summed E-state index contributed by atoms with van der Waals surface area (Å²) in [5, 5.41) is 4.92. The molecule has 0 radical (unpaired) electrons. The number of methoxy groups -OCH3 is 1. The highest BCUT2D eigenvalue weighted by atomic mass is 16.5. The van der Waals surface area contributed by atoms with Gasteiger partial charge in [-0.1, -0.05) is 13.3 Å². The molecule has 0 aromatic carbocycles. The third-order valence-corrected chi connectivity index (χ3v) is 1.62. The van der Waals surface area contributed by atoms with E-state index in [1.807, 2.05) is 6.92 Å². The SMILES string of the molecule is CCCC(NC(=O)OC)C(=O)NC. The second-order valence-electron chi connectivity index (χ2n) is 2.59. The number of nitrogens with one attached hydrogen (secondary N) is 2. The van der Waals surface area contributed by atoms with E-state index < -0.39 is 12.1 Å². The quantitative estimate of drug-likeness (QED) is 0.665. The van der Waals surface area contributed by atoms with Crippen molar-refractivity contribution in [1.82, 2.24) is 10.6 Å². The molecule has 0 aliphatic heterocycles. The molecule has 0 saturated heterocycles. The Morgan fingerprint density at radius 2 is 2.08 bits per heavy atom. The van der Waals surface area contributed by atoms with Crippen LogP contribution >= 0.6 is 0 Å². The van der Waals surface area contributed by atoms with Gasteiger partial charge in [-0.3, -0.25) is 4.79 Å². The highest BCUT2D eigenvalue weighted by Crippen LogP contribution is 1.96. The van der Waals surface area contributed by atoms with Crippen LogP contribution < -0.4 is 10.6 Å². The molecule has 0 saturated carbocycles. The number of likely N-dealkylation sites (N-methyl/N-ethyl adjacent to an activating group) is 1. The number of carbonyl (C=O) groups excluding carboxylic acids is 2. The van der Waals surface area contributed by atoms with Gasteiger partial charge in [0.25, 0.3) is 0 Å². The zero-order valence-electron chi connectivity index (χ0n) is 8.22. The molecule has 5 nitrogen and oxygen atoms in total. The van der Waals surface area contributed by atoms with Crippen molar-refractivity contribution in [3.8, 4) is 0 Å². The molecule has 0 aromatic rings. The first-order chi connectivity index (χ1) is 6.15. The van der Waals surface area contributed by atoms with Crippen LogP contribution in [0.1, 0.15) is 19.8 Å². The molecule has 0 heterocycles. The first-order valence-electron chi connectivity index (χ1n) is 4.21. The third-order valence-electron chi connectivity index (χ3n) is 1.62. The van der Waals surface area contributed by atoms with Crippen molar-refractivity contribution < 1.29 is 14.3 Å². The molecule has 1 atom stereocenters. The fraction of sp³-hybridized carbons (Fsp3) is 0.750. The first kappa shape index (κ1) is 11.7. The number of carbonyl (C=O) groups is 2. The van der Waals surface area contributed by atoms with Crippen LogP contribution in [-0.4, -0.2) is 32.2 Å². The molecule has 0 aliphatic rings. The minimum Gasteiger partial charge on any atom is -0.453 e. The smallest absolute Gasteiger partial charge is 0.407 e. The maximum atomic E-state index is 11.2. The fourth-order valence-corrected chi connectivity index (χ4v) is 0.933. The summed E-state index contributed by atoms with van der Waals surface area (Å²) in [5.41, 5.74) is 0. The number of rotatable bonds is 4. The van der Waals surface area contributed by atoms with E-state index in [1.165, 1.54) is 14.2 Å². The molecule has 0 rings (SSSR count). The molecule has 13 heavy (non-hydrogen) atoms. The van der Waals surface area contributed by atoms with E-state index in [-0.39, 0.29) is 5.91 Å². The van der Waals surface area contributed by atoms with Crippen molar-refractivity contribution in [3.63, 3.8) is 0 Å². The molecule has 0 spiro atoms. The molecule has 1 unspecified atom stereocenters. The highest BCUT2D eigenvalue weighted by molar-refractivity contribution is 5.85. The highest BCUT2D eigenvalue weighted by Gasteiger charge is 2.18. The number of hydrogen-bond donors (Lipinski definition) is 2. The van der Waals surface area contributed by atoms with Crippen molar-refractivity contribution in [2.24, 2.45) is 0 Å². The summed E-state index contributed by atoms with van der Waals surface area (Å²) >= 11 is 0. The number of ether oxygens (including phenoxy) is 1. The van der Waals surface area contributed by atoms with Crippen molar-refractivity contribution in [3.05, 3.63) is 0 Å². The van der Waals surface area contributed by atoms with Crippen molar-refractivity contribution in [1.29, 1.82) is 0 Å². The summed E-state index contributed by atoms with van der Waals surface area (Å²) in [6, 6.07) is -0.498. The minimum atomic E-state index is -0.581. The monoisotopic (exact) mass is 188 g/mol. The van der Waals surface area contributed by atoms with Gasteiger partial charge >= 0.3 is 6.09 Å². The Labute approximate surface area is 77.8 Å². The van der Waals surface area contributed by atoms with E-state index in [9.17, 15) is 9.59 Å². The summed E-state index contributed by atoms with van der Waals surface area (Å²) in [6.45, 7) is 1.94. The van der Waals surface area contributed by atoms with Gasteiger partial charge in [-0.25, -0.2) is 4.79 Å². The summed E-state index contributed by atoms with van der Waals surface area (Å²) < 4.78 is 4.39. The Balaban J connectivity index is 4.08. The predicted octanol–water partition coefficient (Wildman–Crippen LogP) is 0.257. The maximum Gasteiger partial charge on any atom is 0.407 e. The Bertz CT molecular complexity index is 182. The normalized spacial score (nSPS) is 11.6. The van der Waals surface area contributed by atoms with E-state index in [1.54, 1.807) is 0 Å². The summed E-state index contributed by atoms with van der Waals surface area (Å²) in [6.07, 6.45) is 0.846. The predicted molar refractivity (Wildman–Crippen MR) is 48.3 cm³/mol. The Morgan fingerprint density at radius 1 is 1.46 bits per heavy atom. The summed E-state index contributed by atoms with van der Waals surface area (Å²) in [5.74, 6) is -0.202. The first-order valence-corrected chi connectivity index (χ1v) is 4.21. The average molecular weight is 188 g/mol. The van der Waals surface area contributed by atoms with Crippen molar-refractivity contribution in [2.45, 2.75) is 25.8 Å². The molecule has 0 fully saturated rings. The maximum absolute atomic E-state index is 11.2. The van der Waals surface area contributed by atoms with Crippen LogP contribution in [-0.2, 0) is 9.53 Å². The van der Waals surface area contributed by atoms with Crippen LogP contribution in [0.3, 0.4) is 0 Å². The minimum absolute atomic E-state index is 0.202. The number of hydrogen-bond acceptors (Lipinski definition) is 3. The molecule has 76 valence electrons. The second kappa shape index (κ2) is 6.28. The lowest BCUT2D eigenvalue weighted by Crippen LogP contribution is -2.45. The van der Waals surface area contributed by atoms with Crippen LogP contribution in [0, 0.1) is 0 Å². The lowest BCUT2D eigenvalue weighted by molar-refractivity contribution is -0.122. The van der Waals surface area contributed by atoms with Gasteiger partial charge in [0.05, 0.1) is 7.11 Å². The lowest BCUT2D eigenvalue weighted by Gasteiger charge is -2.14. The van der Waals surface area contributed by atoms with E-state index >= 15 is 0 Å². The average Bonchev–Trinajstić information content (AvgIpc) is 2.15. The van der Waals surface area contributed by atoms with Crippen LogP contribution in [0.5, 0.6) is 0 Å². The molecular formula is C8H16N2O3. The van der Waals surface area contributed by atoms with Crippen LogP contribution in [0.4, 0.5) is 4.79 Å². The molecular weight excluding hydrogens is 172 g/mol. The van der Waals surface area contributed by atoms with Crippen molar-refractivity contribution >= 4 is 12.0 Å². The Hall–Kier alpha value is -1.26. The molecule has 0 aliphatic carbocycles. The molecule has 0 aromatic heterocycles. The Kier molecular flexibility index (Phi) is 5.67. The number of amides is 2. The van der Waals surface area contributed by atoms with E-state index in [0.29, 0.717) is 6.42 Å². The molecule has 2 N–H and O–H groups in total. The molecule has 5 heteroatoms. The standard InChI is InChI=1S/C8H16N2O3/c1-4-5-6(7(11)9-2)10-8(12)13-3/h6H,4-5H2,1-3H3,(H,9,11)(H,10,12). The van der Waals surface area contributed by atoms with Gasteiger partial charge in [0.15, 0.2) is 0 Å². The van der Waals surface area contributed by atoms with Gasteiger partial charge in [0.1, 0.15) is 6.04 Å². The zero-order valence-corrected chi connectivity index (χ0v) is 8.22. The van der Waals surface area contributed by atoms with Crippen LogP contribution in [0.25, 0.3) is 0 Å². The zero-order chi connectivity index (χ0) is 10.3. The van der Waals surface area contributed by atoms with Gasteiger partial charge < -0.3 is 15.4 Å². The van der Waals surface area contributed by atoms with E-state index in [2.05, 4.69) is 15.4 Å². The van der Waals surface area contributed by atoms with Gasteiger partial charge in [-0.15, -0.1) is 0 Å². The van der Waals surface area contributed by atoms with E-state index in [4.69, 9.17) is 0 Å². The van der Waals surface area contributed by atoms with Crippen LogP contribution in [0.2, 0.25) is 0 Å². The molecule has 2 amide bonds. The van der Waals surface area contributed by atoms with Gasteiger partial charge in [0.2, 0.25) is 5.91 Å². The lowest BCUT2D eigenvalue weighted by atomic mass is 10.1. The fourth-order valence-electron chi connectivity index (χ4n) is 0.933. The second-order valence-corrected chi connectivity index (χ2v) is 2.59. The van der Waals surface area contributed by atoms with Crippen molar-refractivity contribution in [2.75, 3.05) is 14.2 Å². The third kappa shape index (κ3) is 4.35. The number of alkyl carbamates (subject to hydrolysis) is 1. The van der Waals surface area contributed by atoms with Gasteiger partial charge in [0, 0.05) is 7.05 Å². The summed E-state index contributed by atoms with van der Waals surface area (Å²) in [4.78, 5) is 22.0. The molecule has 0 bridgehead atoms.